The van der Waals surface area contributed by atoms with E-state index in [4.69, 9.17) is 23.7 Å². The summed E-state index contributed by atoms with van der Waals surface area (Å²) in [4.78, 5) is 23.3. The lowest BCUT2D eigenvalue weighted by Gasteiger charge is -2.16. The Bertz CT molecular complexity index is 1170. The zero-order valence-electron chi connectivity index (χ0n) is 21.2. The summed E-state index contributed by atoms with van der Waals surface area (Å²) in [5.41, 5.74) is 1.96. The average molecular weight is 515 g/mol. The molecule has 0 saturated heterocycles. The number of hydrogen-bond donors (Lipinski definition) is 1. The predicted molar refractivity (Wildman–Crippen MR) is 136 cm³/mol. The van der Waals surface area contributed by atoms with E-state index in [1.165, 1.54) is 26.0 Å². The fraction of sp³-hybridized carbons (Fsp3) is 0.286. The van der Waals surface area contributed by atoms with Crippen molar-refractivity contribution >= 4 is 11.9 Å². The van der Waals surface area contributed by atoms with Gasteiger partial charge in [-0.1, -0.05) is 31.9 Å². The molecular formula is C28H31FO8. The number of halogens is 1. The van der Waals surface area contributed by atoms with Crippen LogP contribution in [0, 0.1) is 5.82 Å². The number of aliphatic hydroxyl groups excluding tert-OH is 1. The maximum atomic E-state index is 14.6. The van der Waals surface area contributed by atoms with Gasteiger partial charge in [0.05, 0.1) is 6.61 Å². The number of carbonyl (C=O) groups is 2. The summed E-state index contributed by atoms with van der Waals surface area (Å²) in [5, 5.41) is 9.67. The van der Waals surface area contributed by atoms with Crippen molar-refractivity contribution in [2.45, 2.75) is 27.1 Å². The standard InChI is InChI=1S/C28H31FO8/c1-17(2)26(30)35-13-11-33-24-10-8-21(16-25(24)34-12-14-36-27(31)18(3)4)20-7-9-23(22(29)15-20)37-28(32)19(5)6/h7-10,15-16,26,30H,1,3,5,11-14H2,2,4,6H3. The van der Waals surface area contributed by atoms with Gasteiger partial charge < -0.3 is 28.8 Å². The Kier molecular flexibility index (Phi) is 11.0. The van der Waals surface area contributed by atoms with Crippen LogP contribution in [0.1, 0.15) is 20.8 Å². The summed E-state index contributed by atoms with van der Waals surface area (Å²) >= 11 is 0. The first-order valence-corrected chi connectivity index (χ1v) is 11.3. The summed E-state index contributed by atoms with van der Waals surface area (Å²) in [6, 6.07) is 9.12. The van der Waals surface area contributed by atoms with Crippen LogP contribution in [-0.4, -0.2) is 49.8 Å². The maximum absolute atomic E-state index is 14.6. The molecule has 0 radical (unpaired) electrons. The van der Waals surface area contributed by atoms with Gasteiger partial charge in [0.25, 0.3) is 0 Å². The van der Waals surface area contributed by atoms with Crippen LogP contribution in [0.2, 0.25) is 0 Å². The first-order valence-electron chi connectivity index (χ1n) is 11.3. The molecule has 0 spiro atoms. The van der Waals surface area contributed by atoms with Crippen LogP contribution in [0.25, 0.3) is 11.1 Å². The second kappa shape index (κ2) is 14.0. The molecule has 0 saturated carbocycles. The SMILES string of the molecule is C=C(C)C(=O)OCCOc1cc(-c2ccc(OC(=O)C(=C)C)c(F)c2)ccc1OCCOC(O)C(=C)C. The van der Waals surface area contributed by atoms with E-state index in [1.54, 1.807) is 31.2 Å². The molecule has 0 aliphatic heterocycles. The lowest BCUT2D eigenvalue weighted by atomic mass is 10.0. The first-order chi connectivity index (χ1) is 17.5. The van der Waals surface area contributed by atoms with E-state index in [1.807, 2.05) is 0 Å². The number of benzene rings is 2. The highest BCUT2D eigenvalue weighted by atomic mass is 19.1. The molecule has 37 heavy (non-hydrogen) atoms. The third-order valence-corrected chi connectivity index (χ3v) is 4.72. The normalized spacial score (nSPS) is 11.3. The minimum absolute atomic E-state index is 0.0217. The summed E-state index contributed by atoms with van der Waals surface area (Å²) in [6.45, 7) is 15.4. The number of carbonyl (C=O) groups excluding carboxylic acids is 2. The van der Waals surface area contributed by atoms with Gasteiger partial charge in [0.2, 0.25) is 0 Å². The Morgan fingerprint density at radius 3 is 1.97 bits per heavy atom. The predicted octanol–water partition coefficient (Wildman–Crippen LogP) is 4.76. The van der Waals surface area contributed by atoms with E-state index < -0.39 is 24.0 Å². The minimum atomic E-state index is -1.10. The second-order valence-corrected chi connectivity index (χ2v) is 8.16. The molecule has 1 N–H and O–H groups in total. The van der Waals surface area contributed by atoms with Crippen LogP contribution in [0.4, 0.5) is 4.39 Å². The quantitative estimate of drug-likeness (QED) is 0.0962. The Hall–Kier alpha value is -3.95. The molecule has 2 aromatic carbocycles. The lowest BCUT2D eigenvalue weighted by molar-refractivity contribution is -0.139. The van der Waals surface area contributed by atoms with Crippen molar-refractivity contribution in [3.63, 3.8) is 0 Å². The van der Waals surface area contributed by atoms with Gasteiger partial charge in [-0.05, 0) is 61.7 Å². The van der Waals surface area contributed by atoms with Crippen molar-refractivity contribution in [2.75, 3.05) is 26.4 Å². The zero-order chi connectivity index (χ0) is 27.5. The van der Waals surface area contributed by atoms with Crippen LogP contribution < -0.4 is 14.2 Å². The molecule has 0 aromatic heterocycles. The van der Waals surface area contributed by atoms with Crippen LogP contribution in [0.15, 0.2) is 72.9 Å². The van der Waals surface area contributed by atoms with Gasteiger partial charge in [0.1, 0.15) is 19.8 Å². The number of ether oxygens (including phenoxy) is 5. The molecule has 0 aliphatic rings. The molecule has 198 valence electrons. The number of aliphatic hydroxyl groups is 1. The fourth-order valence-electron chi connectivity index (χ4n) is 2.73. The van der Waals surface area contributed by atoms with Crippen molar-refractivity contribution < 1.29 is 42.8 Å². The van der Waals surface area contributed by atoms with Crippen LogP contribution in [0.3, 0.4) is 0 Å². The summed E-state index contributed by atoms with van der Waals surface area (Å²) in [6.07, 6.45) is -1.10. The van der Waals surface area contributed by atoms with Gasteiger partial charge in [0, 0.05) is 11.1 Å². The van der Waals surface area contributed by atoms with Crippen molar-refractivity contribution in [3.8, 4) is 28.4 Å². The first kappa shape index (κ1) is 29.3. The fourth-order valence-corrected chi connectivity index (χ4v) is 2.73. The molecule has 9 heteroatoms. The Morgan fingerprint density at radius 1 is 0.811 bits per heavy atom. The molecule has 1 unspecified atom stereocenters. The van der Waals surface area contributed by atoms with Crippen molar-refractivity contribution in [3.05, 3.63) is 78.7 Å². The lowest BCUT2D eigenvalue weighted by Crippen LogP contribution is -2.17. The van der Waals surface area contributed by atoms with Gasteiger partial charge in [-0.15, -0.1) is 0 Å². The summed E-state index contributed by atoms with van der Waals surface area (Å²) in [5.74, 6) is -1.54. The summed E-state index contributed by atoms with van der Waals surface area (Å²) in [7, 11) is 0. The van der Waals surface area contributed by atoms with Crippen molar-refractivity contribution in [2.24, 2.45) is 0 Å². The van der Waals surface area contributed by atoms with Crippen molar-refractivity contribution in [1.29, 1.82) is 0 Å². The van der Waals surface area contributed by atoms with Gasteiger partial charge in [-0.3, -0.25) is 0 Å². The number of hydrogen-bond acceptors (Lipinski definition) is 8. The zero-order valence-corrected chi connectivity index (χ0v) is 21.2. The van der Waals surface area contributed by atoms with Gasteiger partial charge in [-0.2, -0.15) is 0 Å². The smallest absolute Gasteiger partial charge is 0.338 e. The summed E-state index contributed by atoms with van der Waals surface area (Å²) < 4.78 is 41.3. The van der Waals surface area contributed by atoms with Crippen LogP contribution in [-0.2, 0) is 19.1 Å². The topological polar surface area (TPSA) is 101 Å². The number of rotatable bonds is 14. The minimum Gasteiger partial charge on any atom is -0.487 e. The Morgan fingerprint density at radius 2 is 1.38 bits per heavy atom. The third kappa shape index (κ3) is 9.21. The molecule has 2 aromatic rings. The highest BCUT2D eigenvalue weighted by molar-refractivity contribution is 5.89. The molecule has 0 aliphatic carbocycles. The van der Waals surface area contributed by atoms with Crippen LogP contribution >= 0.6 is 0 Å². The molecular weight excluding hydrogens is 483 g/mol. The molecule has 0 fully saturated rings. The number of esters is 2. The van der Waals surface area contributed by atoms with Gasteiger partial charge >= 0.3 is 11.9 Å². The molecule has 0 bridgehead atoms. The van der Waals surface area contributed by atoms with E-state index in [0.717, 1.165) is 0 Å². The van der Waals surface area contributed by atoms with E-state index >= 15 is 0 Å². The van der Waals surface area contributed by atoms with E-state index in [9.17, 15) is 19.1 Å². The highest BCUT2D eigenvalue weighted by Gasteiger charge is 2.14. The van der Waals surface area contributed by atoms with Crippen LogP contribution in [0.5, 0.6) is 17.2 Å². The largest absolute Gasteiger partial charge is 0.487 e. The molecule has 1 atom stereocenters. The van der Waals surface area contributed by atoms with Crippen molar-refractivity contribution in [1.82, 2.24) is 0 Å². The van der Waals surface area contributed by atoms with E-state index in [0.29, 0.717) is 28.2 Å². The molecule has 8 nitrogen and oxygen atoms in total. The monoisotopic (exact) mass is 514 g/mol. The second-order valence-electron chi connectivity index (χ2n) is 8.16. The highest BCUT2D eigenvalue weighted by Crippen LogP contribution is 2.34. The third-order valence-electron chi connectivity index (χ3n) is 4.72. The molecule has 0 amide bonds. The Balaban J connectivity index is 2.19. The molecule has 2 rings (SSSR count). The van der Waals surface area contributed by atoms with E-state index in [-0.39, 0.29) is 43.3 Å². The Labute approximate surface area is 215 Å². The van der Waals surface area contributed by atoms with E-state index in [2.05, 4.69) is 19.7 Å². The van der Waals surface area contributed by atoms with Gasteiger partial charge in [-0.25, -0.2) is 14.0 Å². The maximum Gasteiger partial charge on any atom is 0.338 e. The average Bonchev–Trinajstić information content (AvgIpc) is 2.85. The molecule has 0 heterocycles. The van der Waals surface area contributed by atoms with Gasteiger partial charge in [0.15, 0.2) is 29.4 Å².